The molecule has 1 amide bonds. The van der Waals surface area contributed by atoms with Crippen LogP contribution < -0.4 is 15.8 Å². The number of nitrogens with zero attached hydrogens (tertiary/aromatic N) is 3. The molecule has 0 spiro atoms. The molecular weight excluding hydrogens is 431 g/mol. The molecule has 0 bridgehead atoms. The molecule has 1 fully saturated rings. The maximum atomic E-state index is 13.9. The largest absolute Gasteiger partial charge is 0.342 e. The SMILES string of the molecule is Cc1ccc(-n2c(N3CCCC3)nc3cc(C(=O)Nc4ccc(C)c(F)c4)ccc3c2=O)cc1. The molecule has 0 unspecified atom stereocenters. The number of hydrogen-bond donors (Lipinski definition) is 1. The summed E-state index contributed by atoms with van der Waals surface area (Å²) in [5.74, 6) is -0.195. The summed E-state index contributed by atoms with van der Waals surface area (Å²) in [7, 11) is 0. The second-order valence-corrected chi connectivity index (χ2v) is 8.73. The number of aromatic nitrogens is 2. The van der Waals surface area contributed by atoms with Crippen LogP contribution in [0.25, 0.3) is 16.6 Å². The zero-order valence-electron chi connectivity index (χ0n) is 19.1. The van der Waals surface area contributed by atoms with E-state index in [0.717, 1.165) is 37.2 Å². The van der Waals surface area contributed by atoms with Crippen LogP contribution in [-0.4, -0.2) is 28.5 Å². The number of anilines is 2. The molecule has 0 radical (unpaired) electrons. The highest BCUT2D eigenvalue weighted by atomic mass is 19.1. The van der Waals surface area contributed by atoms with E-state index >= 15 is 0 Å². The van der Waals surface area contributed by atoms with Gasteiger partial charge in [0.15, 0.2) is 0 Å². The molecule has 1 N–H and O–H groups in total. The molecule has 1 saturated heterocycles. The lowest BCUT2D eigenvalue weighted by molar-refractivity contribution is 0.102. The third kappa shape index (κ3) is 4.05. The quantitative estimate of drug-likeness (QED) is 0.470. The van der Waals surface area contributed by atoms with Crippen molar-refractivity contribution in [3.05, 3.63) is 93.5 Å². The minimum Gasteiger partial charge on any atom is -0.342 e. The van der Waals surface area contributed by atoms with E-state index in [1.807, 2.05) is 31.2 Å². The van der Waals surface area contributed by atoms with Gasteiger partial charge >= 0.3 is 0 Å². The number of nitrogens with one attached hydrogen (secondary N) is 1. The van der Waals surface area contributed by atoms with Crippen LogP contribution in [-0.2, 0) is 0 Å². The number of carbonyl (C=O) groups is 1. The zero-order chi connectivity index (χ0) is 23.8. The Morgan fingerprint density at radius 1 is 0.971 bits per heavy atom. The molecular formula is C27H25FN4O2. The summed E-state index contributed by atoms with van der Waals surface area (Å²) in [5.41, 5.74) is 3.37. The monoisotopic (exact) mass is 456 g/mol. The van der Waals surface area contributed by atoms with Crippen LogP contribution in [0, 0.1) is 19.7 Å². The number of amides is 1. The number of rotatable bonds is 4. The van der Waals surface area contributed by atoms with Crippen molar-refractivity contribution in [3.63, 3.8) is 0 Å². The molecule has 34 heavy (non-hydrogen) atoms. The van der Waals surface area contributed by atoms with Gasteiger partial charge in [0.05, 0.1) is 16.6 Å². The van der Waals surface area contributed by atoms with Crippen molar-refractivity contribution in [2.24, 2.45) is 0 Å². The second-order valence-electron chi connectivity index (χ2n) is 8.73. The Morgan fingerprint density at radius 3 is 2.41 bits per heavy atom. The average molecular weight is 457 g/mol. The Balaban J connectivity index is 1.58. The zero-order valence-corrected chi connectivity index (χ0v) is 19.1. The maximum absolute atomic E-state index is 13.9. The highest BCUT2D eigenvalue weighted by Gasteiger charge is 2.22. The third-order valence-electron chi connectivity index (χ3n) is 6.22. The molecule has 0 aliphatic carbocycles. The number of hydrogen-bond acceptors (Lipinski definition) is 4. The van der Waals surface area contributed by atoms with E-state index in [4.69, 9.17) is 4.98 Å². The molecule has 1 aliphatic rings. The highest BCUT2D eigenvalue weighted by molar-refractivity contribution is 6.06. The van der Waals surface area contributed by atoms with Gasteiger partial charge in [0.1, 0.15) is 5.82 Å². The Morgan fingerprint density at radius 2 is 1.71 bits per heavy atom. The van der Waals surface area contributed by atoms with E-state index in [9.17, 15) is 14.0 Å². The van der Waals surface area contributed by atoms with Crippen molar-refractivity contribution < 1.29 is 9.18 Å². The van der Waals surface area contributed by atoms with Crippen molar-refractivity contribution in [2.75, 3.05) is 23.3 Å². The van der Waals surface area contributed by atoms with Crippen molar-refractivity contribution in [2.45, 2.75) is 26.7 Å². The van der Waals surface area contributed by atoms with E-state index in [1.165, 1.54) is 6.07 Å². The van der Waals surface area contributed by atoms with Crippen LogP contribution in [0.3, 0.4) is 0 Å². The summed E-state index contributed by atoms with van der Waals surface area (Å²) >= 11 is 0. The lowest BCUT2D eigenvalue weighted by Crippen LogP contribution is -2.30. The molecule has 2 heterocycles. The van der Waals surface area contributed by atoms with E-state index in [-0.39, 0.29) is 11.4 Å². The summed E-state index contributed by atoms with van der Waals surface area (Å²) in [6.07, 6.45) is 2.08. The van der Waals surface area contributed by atoms with Crippen molar-refractivity contribution in [1.29, 1.82) is 0 Å². The van der Waals surface area contributed by atoms with Gasteiger partial charge < -0.3 is 10.2 Å². The van der Waals surface area contributed by atoms with E-state index < -0.39 is 5.91 Å². The van der Waals surface area contributed by atoms with E-state index in [0.29, 0.717) is 33.7 Å². The second kappa shape index (κ2) is 8.74. The molecule has 0 atom stereocenters. The van der Waals surface area contributed by atoms with Crippen LogP contribution in [0.5, 0.6) is 0 Å². The Hall–Kier alpha value is -4.00. The number of fused-ring (bicyclic) bond motifs is 1. The summed E-state index contributed by atoms with van der Waals surface area (Å²) in [5, 5.41) is 3.15. The minimum absolute atomic E-state index is 0.177. The predicted octanol–water partition coefficient (Wildman–Crippen LogP) is 4.99. The topological polar surface area (TPSA) is 67.2 Å². The van der Waals surface area contributed by atoms with Crippen molar-refractivity contribution in [3.8, 4) is 5.69 Å². The lowest BCUT2D eigenvalue weighted by atomic mass is 10.1. The summed E-state index contributed by atoms with van der Waals surface area (Å²) < 4.78 is 15.5. The molecule has 172 valence electrons. The van der Waals surface area contributed by atoms with Gasteiger partial charge in [0.25, 0.3) is 11.5 Å². The van der Waals surface area contributed by atoms with Crippen LogP contribution in [0.2, 0.25) is 0 Å². The first-order valence-electron chi connectivity index (χ1n) is 11.4. The lowest BCUT2D eigenvalue weighted by Gasteiger charge is -2.22. The Kier molecular flexibility index (Phi) is 5.61. The average Bonchev–Trinajstić information content (AvgIpc) is 3.37. The number of halogens is 1. The summed E-state index contributed by atoms with van der Waals surface area (Å²) in [4.78, 5) is 33.4. The summed E-state index contributed by atoms with van der Waals surface area (Å²) in [6, 6.07) is 17.2. The van der Waals surface area contributed by atoms with Crippen molar-refractivity contribution >= 4 is 28.4 Å². The van der Waals surface area contributed by atoms with Gasteiger partial charge in [0.2, 0.25) is 5.95 Å². The van der Waals surface area contributed by atoms with Gasteiger partial charge in [-0.05, 0) is 74.7 Å². The van der Waals surface area contributed by atoms with Gasteiger partial charge in [-0.25, -0.2) is 13.9 Å². The smallest absolute Gasteiger partial charge is 0.267 e. The Bertz CT molecular complexity index is 1450. The first-order chi connectivity index (χ1) is 16.4. The highest BCUT2D eigenvalue weighted by Crippen LogP contribution is 2.24. The van der Waals surface area contributed by atoms with Crippen LogP contribution in [0.15, 0.2) is 65.5 Å². The molecule has 7 heteroatoms. The molecule has 6 nitrogen and oxygen atoms in total. The van der Waals surface area contributed by atoms with Gasteiger partial charge in [-0.2, -0.15) is 0 Å². The van der Waals surface area contributed by atoms with Crippen LogP contribution >= 0.6 is 0 Å². The first kappa shape index (κ1) is 21.8. The first-order valence-corrected chi connectivity index (χ1v) is 11.4. The van der Waals surface area contributed by atoms with Crippen LogP contribution in [0.1, 0.15) is 34.3 Å². The molecule has 4 aromatic rings. The minimum atomic E-state index is -0.391. The molecule has 1 aliphatic heterocycles. The standard InChI is InChI=1S/C27H25FN4O2/c1-17-5-10-21(11-6-17)32-26(34)22-12-8-19(15-24(22)30-27(32)31-13-3-4-14-31)25(33)29-20-9-7-18(2)23(28)16-20/h5-12,15-16H,3-4,13-14H2,1-2H3,(H,29,33). The maximum Gasteiger partial charge on any atom is 0.267 e. The molecule has 3 aromatic carbocycles. The fourth-order valence-corrected chi connectivity index (χ4v) is 4.24. The van der Waals surface area contributed by atoms with Gasteiger partial charge in [-0.15, -0.1) is 0 Å². The van der Waals surface area contributed by atoms with Gasteiger partial charge in [0, 0.05) is 24.3 Å². The van der Waals surface area contributed by atoms with Gasteiger partial charge in [-0.1, -0.05) is 23.8 Å². The third-order valence-corrected chi connectivity index (χ3v) is 6.22. The van der Waals surface area contributed by atoms with Crippen LogP contribution in [0.4, 0.5) is 16.0 Å². The predicted molar refractivity (Wildman–Crippen MR) is 133 cm³/mol. The number of benzene rings is 3. The molecule has 1 aromatic heterocycles. The Labute approximate surface area is 196 Å². The molecule has 5 rings (SSSR count). The fourth-order valence-electron chi connectivity index (χ4n) is 4.24. The van der Waals surface area contributed by atoms with E-state index in [2.05, 4.69) is 10.2 Å². The van der Waals surface area contributed by atoms with Gasteiger partial charge in [-0.3, -0.25) is 9.59 Å². The van der Waals surface area contributed by atoms with E-state index in [1.54, 1.807) is 41.8 Å². The number of aryl methyl sites for hydroxylation is 2. The van der Waals surface area contributed by atoms with Crippen molar-refractivity contribution in [1.82, 2.24) is 9.55 Å². The normalized spacial score (nSPS) is 13.4. The number of carbonyl (C=O) groups excluding carboxylic acids is 1. The fraction of sp³-hybridized carbons (Fsp3) is 0.222. The molecule has 0 saturated carbocycles. The summed E-state index contributed by atoms with van der Waals surface area (Å²) in [6.45, 7) is 5.31.